The standard InChI is InChI=1S/C23H26IN3O2S/c1-2-17-8-9-20-21(16-17)30-23(25-20)27(11-5-10-26-12-14-29-15-13-26)22(28)18-6-3-4-7-19(18)24/h3-4,6-9,16H,2,5,10-15H2,1H3. The molecular formula is C23H26IN3O2S. The first-order chi connectivity index (χ1) is 14.7. The number of hydrogen-bond acceptors (Lipinski definition) is 5. The minimum Gasteiger partial charge on any atom is -0.379 e. The molecule has 0 N–H and O–H groups in total. The number of fused-ring (bicyclic) bond motifs is 1. The Morgan fingerprint density at radius 3 is 2.80 bits per heavy atom. The molecule has 2 heterocycles. The van der Waals surface area contributed by atoms with Crippen LogP contribution in [0.1, 0.15) is 29.3 Å². The molecule has 3 aromatic rings. The van der Waals surface area contributed by atoms with E-state index in [4.69, 9.17) is 9.72 Å². The zero-order valence-corrected chi connectivity index (χ0v) is 20.1. The third kappa shape index (κ3) is 5.01. The molecule has 0 aliphatic carbocycles. The molecule has 1 aliphatic rings. The summed E-state index contributed by atoms with van der Waals surface area (Å²) in [4.78, 5) is 22.6. The highest BCUT2D eigenvalue weighted by molar-refractivity contribution is 14.1. The van der Waals surface area contributed by atoms with Crippen LogP contribution in [0.3, 0.4) is 0 Å². The molecular weight excluding hydrogens is 509 g/mol. The first-order valence-corrected chi connectivity index (χ1v) is 12.3. The van der Waals surface area contributed by atoms with Crippen LogP contribution in [0.15, 0.2) is 42.5 Å². The van der Waals surface area contributed by atoms with Gasteiger partial charge in [0, 0.05) is 29.7 Å². The summed E-state index contributed by atoms with van der Waals surface area (Å²) in [7, 11) is 0. The zero-order chi connectivity index (χ0) is 20.9. The Kier molecular flexibility index (Phi) is 7.35. The molecule has 2 aromatic carbocycles. The summed E-state index contributed by atoms with van der Waals surface area (Å²) in [6.07, 6.45) is 1.90. The number of benzene rings is 2. The number of carbonyl (C=O) groups excluding carboxylic acids is 1. The molecule has 1 aromatic heterocycles. The van der Waals surface area contributed by atoms with Crippen LogP contribution in [0.4, 0.5) is 5.13 Å². The number of aryl methyl sites for hydroxylation is 1. The van der Waals surface area contributed by atoms with Crippen molar-refractivity contribution in [3.63, 3.8) is 0 Å². The summed E-state index contributed by atoms with van der Waals surface area (Å²) in [5.74, 6) is 0.0248. The number of thiazole rings is 1. The third-order valence-electron chi connectivity index (χ3n) is 5.39. The van der Waals surface area contributed by atoms with Gasteiger partial charge < -0.3 is 4.74 Å². The van der Waals surface area contributed by atoms with Gasteiger partial charge in [0.1, 0.15) is 0 Å². The molecule has 158 valence electrons. The quantitative estimate of drug-likeness (QED) is 0.407. The first kappa shape index (κ1) is 21.7. The highest BCUT2D eigenvalue weighted by atomic mass is 127. The van der Waals surface area contributed by atoms with Gasteiger partial charge in [-0.15, -0.1) is 0 Å². The lowest BCUT2D eigenvalue weighted by Crippen LogP contribution is -2.39. The van der Waals surface area contributed by atoms with Gasteiger partial charge in [0.25, 0.3) is 5.91 Å². The summed E-state index contributed by atoms with van der Waals surface area (Å²) in [6.45, 7) is 7.29. The van der Waals surface area contributed by atoms with Crippen molar-refractivity contribution in [2.45, 2.75) is 19.8 Å². The number of anilines is 1. The van der Waals surface area contributed by atoms with Crippen LogP contribution in [0, 0.1) is 3.57 Å². The van der Waals surface area contributed by atoms with Crippen LogP contribution in [-0.2, 0) is 11.2 Å². The number of nitrogens with zero attached hydrogens (tertiary/aromatic N) is 3. The van der Waals surface area contributed by atoms with Gasteiger partial charge in [0.15, 0.2) is 5.13 Å². The zero-order valence-electron chi connectivity index (χ0n) is 17.1. The second-order valence-corrected chi connectivity index (χ2v) is 9.57. The molecule has 4 rings (SSSR count). The highest BCUT2D eigenvalue weighted by Gasteiger charge is 2.23. The van der Waals surface area contributed by atoms with Gasteiger partial charge in [-0.25, -0.2) is 4.98 Å². The molecule has 0 unspecified atom stereocenters. The second kappa shape index (κ2) is 10.2. The van der Waals surface area contributed by atoms with Gasteiger partial charge in [0.2, 0.25) is 0 Å². The van der Waals surface area contributed by atoms with Gasteiger partial charge >= 0.3 is 0 Å². The summed E-state index contributed by atoms with van der Waals surface area (Å²) >= 11 is 3.85. The van der Waals surface area contributed by atoms with E-state index in [0.29, 0.717) is 6.54 Å². The van der Waals surface area contributed by atoms with E-state index >= 15 is 0 Å². The number of ether oxygens (including phenoxy) is 1. The molecule has 30 heavy (non-hydrogen) atoms. The van der Waals surface area contributed by atoms with E-state index in [-0.39, 0.29) is 5.91 Å². The predicted octanol–water partition coefficient (Wildman–Crippen LogP) is 4.83. The average molecular weight is 535 g/mol. The average Bonchev–Trinajstić information content (AvgIpc) is 3.20. The van der Waals surface area contributed by atoms with Gasteiger partial charge in [-0.1, -0.05) is 36.5 Å². The molecule has 0 spiro atoms. The van der Waals surface area contributed by atoms with E-state index < -0.39 is 0 Å². The SMILES string of the molecule is CCc1ccc2nc(N(CCCN3CCOCC3)C(=O)c3ccccc3I)sc2c1. The Bertz CT molecular complexity index is 1020. The Hall–Kier alpha value is -1.55. The first-order valence-electron chi connectivity index (χ1n) is 10.4. The van der Waals surface area contributed by atoms with Crippen LogP contribution in [0.5, 0.6) is 0 Å². The highest BCUT2D eigenvalue weighted by Crippen LogP contribution is 2.31. The lowest BCUT2D eigenvalue weighted by Gasteiger charge is -2.27. The lowest BCUT2D eigenvalue weighted by atomic mass is 10.2. The fraction of sp³-hybridized carbons (Fsp3) is 0.391. The van der Waals surface area contributed by atoms with Crippen molar-refractivity contribution in [2.75, 3.05) is 44.3 Å². The van der Waals surface area contributed by atoms with Crippen LogP contribution in [0.25, 0.3) is 10.2 Å². The maximum absolute atomic E-state index is 13.5. The van der Waals surface area contributed by atoms with Crippen molar-refractivity contribution in [2.24, 2.45) is 0 Å². The number of carbonyl (C=O) groups is 1. The van der Waals surface area contributed by atoms with Gasteiger partial charge in [-0.2, -0.15) is 0 Å². The molecule has 0 bridgehead atoms. The Labute approximate surface area is 195 Å². The molecule has 7 heteroatoms. The van der Waals surface area contributed by atoms with Crippen LogP contribution < -0.4 is 4.90 Å². The van der Waals surface area contributed by atoms with E-state index in [9.17, 15) is 4.79 Å². The minimum atomic E-state index is 0.0248. The summed E-state index contributed by atoms with van der Waals surface area (Å²) in [5.41, 5.74) is 2.99. The smallest absolute Gasteiger partial charge is 0.261 e. The van der Waals surface area contributed by atoms with Gasteiger partial charge in [0.05, 0.1) is 29.0 Å². The fourth-order valence-corrected chi connectivity index (χ4v) is 5.31. The van der Waals surface area contributed by atoms with E-state index in [1.165, 1.54) is 5.56 Å². The van der Waals surface area contributed by atoms with Crippen molar-refractivity contribution in [3.8, 4) is 0 Å². The molecule has 0 atom stereocenters. The molecule has 0 radical (unpaired) electrons. The number of morpholine rings is 1. The van der Waals surface area contributed by atoms with Gasteiger partial charge in [-0.3, -0.25) is 14.6 Å². The monoisotopic (exact) mass is 535 g/mol. The van der Waals surface area contributed by atoms with Crippen LogP contribution in [-0.4, -0.2) is 55.2 Å². The third-order valence-corrected chi connectivity index (χ3v) is 7.37. The number of halogens is 1. The van der Waals surface area contributed by atoms with Crippen molar-refractivity contribution < 1.29 is 9.53 Å². The second-order valence-electron chi connectivity index (χ2n) is 7.40. The molecule has 1 aliphatic heterocycles. The predicted molar refractivity (Wildman–Crippen MR) is 132 cm³/mol. The maximum atomic E-state index is 13.5. The topological polar surface area (TPSA) is 45.7 Å². The largest absolute Gasteiger partial charge is 0.379 e. The summed E-state index contributed by atoms with van der Waals surface area (Å²) < 4.78 is 7.55. The Balaban J connectivity index is 1.59. The summed E-state index contributed by atoms with van der Waals surface area (Å²) in [6, 6.07) is 14.2. The van der Waals surface area contributed by atoms with Crippen molar-refractivity contribution in [3.05, 3.63) is 57.2 Å². The fourth-order valence-electron chi connectivity index (χ4n) is 3.63. The lowest BCUT2D eigenvalue weighted by molar-refractivity contribution is 0.0376. The van der Waals surface area contributed by atoms with E-state index in [1.54, 1.807) is 11.3 Å². The number of rotatable bonds is 7. The van der Waals surface area contributed by atoms with Crippen molar-refractivity contribution in [1.82, 2.24) is 9.88 Å². The number of hydrogen-bond donors (Lipinski definition) is 0. The van der Waals surface area contributed by atoms with Gasteiger partial charge in [-0.05, 0) is 65.3 Å². The normalized spacial score (nSPS) is 14.9. The number of amides is 1. The number of aromatic nitrogens is 1. The minimum absolute atomic E-state index is 0.0248. The Morgan fingerprint density at radius 2 is 2.03 bits per heavy atom. The summed E-state index contributed by atoms with van der Waals surface area (Å²) in [5, 5.41) is 0.782. The van der Waals surface area contributed by atoms with E-state index in [2.05, 4.69) is 52.6 Å². The van der Waals surface area contributed by atoms with E-state index in [0.717, 1.165) is 70.2 Å². The van der Waals surface area contributed by atoms with Crippen molar-refractivity contribution >= 4 is 55.2 Å². The van der Waals surface area contributed by atoms with Crippen LogP contribution in [0.2, 0.25) is 0 Å². The molecule has 5 nitrogen and oxygen atoms in total. The molecule has 1 amide bonds. The van der Waals surface area contributed by atoms with Crippen LogP contribution >= 0.6 is 33.9 Å². The Morgan fingerprint density at radius 1 is 1.23 bits per heavy atom. The van der Waals surface area contributed by atoms with Crippen molar-refractivity contribution in [1.29, 1.82) is 0 Å². The van der Waals surface area contributed by atoms with E-state index in [1.807, 2.05) is 29.2 Å². The maximum Gasteiger partial charge on any atom is 0.261 e. The molecule has 1 fully saturated rings. The molecule has 1 saturated heterocycles. The molecule has 0 saturated carbocycles.